The number of alkyl halides is 2. The first-order valence-electron chi connectivity index (χ1n) is 12.7. The summed E-state index contributed by atoms with van der Waals surface area (Å²) in [4.78, 5) is 24.6. The summed E-state index contributed by atoms with van der Waals surface area (Å²) in [6.07, 6.45) is 0.524. The van der Waals surface area contributed by atoms with Gasteiger partial charge in [-0.25, -0.2) is 18.0 Å². The minimum Gasteiger partial charge on any atom is -0.618 e. The van der Waals surface area contributed by atoms with Gasteiger partial charge < -0.3 is 20.7 Å². The van der Waals surface area contributed by atoms with E-state index in [9.17, 15) is 33.1 Å². The van der Waals surface area contributed by atoms with Crippen molar-refractivity contribution in [1.29, 1.82) is 0 Å². The van der Waals surface area contributed by atoms with Crippen LogP contribution in [-0.4, -0.2) is 27.7 Å². The van der Waals surface area contributed by atoms with Gasteiger partial charge in [0.1, 0.15) is 11.7 Å². The molecule has 0 aliphatic heterocycles. The number of halogens is 4. The van der Waals surface area contributed by atoms with Crippen LogP contribution in [0.2, 0.25) is 5.02 Å². The van der Waals surface area contributed by atoms with Gasteiger partial charge in [-0.2, -0.15) is 4.73 Å². The monoisotopic (exact) mass is 576 g/mol. The molecular weight excluding hydrogens is 549 g/mol. The first-order chi connectivity index (χ1) is 18.9. The highest BCUT2D eigenvalue weighted by atomic mass is 35.5. The van der Waals surface area contributed by atoms with Crippen LogP contribution >= 0.6 is 11.6 Å². The molecule has 4 rings (SSSR count). The highest BCUT2D eigenvalue weighted by molar-refractivity contribution is 6.31. The van der Waals surface area contributed by atoms with Crippen LogP contribution in [0.1, 0.15) is 73.0 Å². The fourth-order valence-electron chi connectivity index (χ4n) is 5.11. The average Bonchev–Trinajstić information content (AvgIpc) is 2.90. The Balaban J connectivity index is 1.68. The summed E-state index contributed by atoms with van der Waals surface area (Å²) in [6.45, 7) is 1.75. The van der Waals surface area contributed by atoms with E-state index in [0.717, 1.165) is 18.3 Å². The molecule has 1 amide bonds. The summed E-state index contributed by atoms with van der Waals surface area (Å²) in [5.41, 5.74) is -1.65. The summed E-state index contributed by atoms with van der Waals surface area (Å²) in [7, 11) is 0. The molecular formula is C29H28ClF3N2O5. The second-order valence-electron chi connectivity index (χ2n) is 10.4. The lowest BCUT2D eigenvalue weighted by atomic mass is 9.75. The molecule has 1 saturated carbocycles. The third-order valence-electron chi connectivity index (χ3n) is 7.42. The van der Waals surface area contributed by atoms with E-state index in [0.29, 0.717) is 36.1 Å². The van der Waals surface area contributed by atoms with Crippen molar-refractivity contribution in [2.75, 3.05) is 5.32 Å². The van der Waals surface area contributed by atoms with E-state index >= 15 is 0 Å². The summed E-state index contributed by atoms with van der Waals surface area (Å²) in [5.74, 6) is -3.69. The maximum absolute atomic E-state index is 14.8. The number of pyridine rings is 1. The van der Waals surface area contributed by atoms with E-state index in [1.165, 1.54) is 36.4 Å². The molecule has 3 N–H and O–H groups in total. The Morgan fingerprint density at radius 3 is 2.35 bits per heavy atom. The quantitative estimate of drug-likeness (QED) is 0.210. The number of anilines is 1. The number of nitrogens with zero attached hydrogens (tertiary/aromatic N) is 1. The fourth-order valence-corrected chi connectivity index (χ4v) is 5.26. The predicted molar refractivity (Wildman–Crippen MR) is 143 cm³/mol. The number of aliphatic hydroxyl groups is 1. The van der Waals surface area contributed by atoms with Crippen molar-refractivity contribution in [3.63, 3.8) is 0 Å². The molecule has 3 aromatic rings. The third kappa shape index (κ3) is 6.56. The molecule has 1 atom stereocenters. The van der Waals surface area contributed by atoms with Crippen LogP contribution in [0.5, 0.6) is 0 Å². The molecule has 1 aliphatic rings. The third-order valence-corrected chi connectivity index (χ3v) is 7.71. The Morgan fingerprint density at radius 2 is 1.77 bits per heavy atom. The number of hydrogen-bond acceptors (Lipinski definition) is 4. The van der Waals surface area contributed by atoms with Gasteiger partial charge in [-0.05, 0) is 81.3 Å². The van der Waals surface area contributed by atoms with Crippen molar-refractivity contribution in [2.45, 2.75) is 57.0 Å². The second kappa shape index (κ2) is 11.9. The van der Waals surface area contributed by atoms with E-state index < -0.39 is 46.8 Å². The van der Waals surface area contributed by atoms with Crippen molar-refractivity contribution >= 4 is 29.2 Å². The maximum atomic E-state index is 14.8. The topological polar surface area (TPSA) is 114 Å². The molecule has 2 aromatic carbocycles. The lowest BCUT2D eigenvalue weighted by Crippen LogP contribution is -2.39. The van der Waals surface area contributed by atoms with E-state index in [2.05, 4.69) is 5.32 Å². The van der Waals surface area contributed by atoms with Gasteiger partial charge in [-0.3, -0.25) is 4.79 Å². The van der Waals surface area contributed by atoms with Crippen molar-refractivity contribution in [3.05, 3.63) is 87.6 Å². The zero-order valence-electron chi connectivity index (χ0n) is 21.5. The number of amides is 1. The molecule has 0 bridgehead atoms. The minimum absolute atomic E-state index is 0.0147. The summed E-state index contributed by atoms with van der Waals surface area (Å²) < 4.78 is 42.5. The number of carbonyl (C=O) groups is 2. The zero-order valence-corrected chi connectivity index (χ0v) is 22.3. The predicted octanol–water partition coefficient (Wildman–Crippen LogP) is 6.47. The Morgan fingerprint density at radius 1 is 1.12 bits per heavy atom. The Labute approximate surface area is 233 Å². The van der Waals surface area contributed by atoms with Crippen LogP contribution in [0, 0.1) is 16.9 Å². The van der Waals surface area contributed by atoms with E-state index in [1.807, 2.05) is 0 Å². The van der Waals surface area contributed by atoms with Crippen LogP contribution in [0.15, 0.2) is 54.7 Å². The largest absolute Gasteiger partial charge is 0.618 e. The molecule has 0 spiro atoms. The number of aromatic carboxylic acids is 1. The Hall–Kier alpha value is -3.63. The van der Waals surface area contributed by atoms with Crippen molar-refractivity contribution < 1.29 is 37.7 Å². The molecule has 11 heteroatoms. The van der Waals surface area contributed by atoms with E-state index in [1.54, 1.807) is 6.92 Å². The van der Waals surface area contributed by atoms with Crippen molar-refractivity contribution in [2.24, 2.45) is 5.92 Å². The molecule has 1 aliphatic carbocycles. The van der Waals surface area contributed by atoms with Crippen LogP contribution < -0.4 is 10.0 Å². The molecule has 0 radical (unpaired) electrons. The minimum atomic E-state index is -3.02. The Kier molecular flexibility index (Phi) is 8.70. The van der Waals surface area contributed by atoms with E-state index in [-0.39, 0.29) is 34.2 Å². The number of hydrogen-bond donors (Lipinski definition) is 3. The second-order valence-corrected chi connectivity index (χ2v) is 10.8. The van der Waals surface area contributed by atoms with Gasteiger partial charge in [0.15, 0.2) is 6.20 Å². The number of aromatic nitrogens is 1. The number of rotatable bonds is 8. The lowest BCUT2D eigenvalue weighted by Gasteiger charge is -2.34. The molecule has 212 valence electrons. The van der Waals surface area contributed by atoms with Gasteiger partial charge in [0.05, 0.1) is 21.8 Å². The van der Waals surface area contributed by atoms with Crippen molar-refractivity contribution in [1.82, 2.24) is 0 Å². The summed E-state index contributed by atoms with van der Waals surface area (Å²) in [5, 5.41) is 35.0. The lowest BCUT2D eigenvalue weighted by molar-refractivity contribution is -0.614. The normalized spacial score (nSPS) is 19.8. The SMILES string of the molecule is C[C@]1(O)CC[C@H](CC(C(=O)Nc2ccc(C(=O)O)cc2)c2ccc(-c3c(C(F)F)ccc(Cl)c3F)c[n+]2[O-])CC1. The summed E-state index contributed by atoms with van der Waals surface area (Å²) >= 11 is 5.83. The highest BCUT2D eigenvalue weighted by Crippen LogP contribution is 2.39. The molecule has 1 unspecified atom stereocenters. The number of carbonyl (C=O) groups excluding carboxylic acids is 1. The van der Waals surface area contributed by atoms with E-state index in [4.69, 9.17) is 16.7 Å². The number of benzene rings is 2. The van der Waals surface area contributed by atoms with Gasteiger partial charge in [0.2, 0.25) is 11.6 Å². The van der Waals surface area contributed by atoms with Crippen LogP contribution in [0.4, 0.5) is 18.9 Å². The fraction of sp³-hybridized carbons (Fsp3) is 0.345. The smallest absolute Gasteiger partial charge is 0.335 e. The number of nitrogens with one attached hydrogen (secondary N) is 1. The van der Waals surface area contributed by atoms with Crippen LogP contribution in [-0.2, 0) is 4.79 Å². The molecule has 1 fully saturated rings. The molecule has 7 nitrogen and oxygen atoms in total. The van der Waals surface area contributed by atoms with Gasteiger partial charge in [0.25, 0.3) is 6.43 Å². The zero-order chi connectivity index (χ0) is 29.2. The van der Waals surface area contributed by atoms with Crippen LogP contribution in [0.3, 0.4) is 0 Å². The standard InChI is InChI=1S/C29H28ClF3N2O5/c1-29(39)12-10-16(11-13-29)14-21(27(36)34-19-5-2-17(3-6-19)28(37)38)23-9-4-18(15-35(23)40)24-20(26(32)33)7-8-22(30)25(24)31/h2-9,15-16,21,26,39H,10-14H2,1H3,(H,34,36)(H,37,38)/t16-,21?,29-. The Bertz CT molecular complexity index is 1410. The molecule has 1 aromatic heterocycles. The van der Waals surface area contributed by atoms with Crippen molar-refractivity contribution in [3.8, 4) is 11.1 Å². The summed E-state index contributed by atoms with van der Waals surface area (Å²) in [6, 6.07) is 10.2. The number of carboxylic acids is 1. The van der Waals surface area contributed by atoms with Gasteiger partial charge in [-0.15, -0.1) is 0 Å². The highest BCUT2D eigenvalue weighted by Gasteiger charge is 2.35. The first-order valence-corrected chi connectivity index (χ1v) is 13.1. The van der Waals surface area contributed by atoms with Gasteiger partial charge in [-0.1, -0.05) is 17.7 Å². The average molecular weight is 577 g/mol. The van der Waals surface area contributed by atoms with Crippen LogP contribution in [0.25, 0.3) is 11.1 Å². The maximum Gasteiger partial charge on any atom is 0.335 e. The van der Waals surface area contributed by atoms with Gasteiger partial charge in [0, 0.05) is 22.9 Å². The van der Waals surface area contributed by atoms with Gasteiger partial charge >= 0.3 is 5.97 Å². The first kappa shape index (κ1) is 29.4. The molecule has 1 heterocycles. The molecule has 0 saturated heterocycles. The molecule has 40 heavy (non-hydrogen) atoms. The number of carboxylic acid groups (broad SMARTS) is 1.